The summed E-state index contributed by atoms with van der Waals surface area (Å²) in [5.41, 5.74) is 0.812. The number of aromatic nitrogens is 3. The van der Waals surface area contributed by atoms with Gasteiger partial charge in [-0.2, -0.15) is 0 Å². The third kappa shape index (κ3) is 2.03. The zero-order valence-corrected chi connectivity index (χ0v) is 9.22. The quantitative estimate of drug-likeness (QED) is 0.462. The summed E-state index contributed by atoms with van der Waals surface area (Å²) in [6, 6.07) is 6.15. The number of nitro benzene ring substituents is 1. The summed E-state index contributed by atoms with van der Waals surface area (Å²) in [5, 5.41) is 15.3. The number of nitro groups is 1. The molecule has 82 valence electrons. The minimum atomic E-state index is -0.432. The van der Waals surface area contributed by atoms with Crippen molar-refractivity contribution in [2.45, 2.75) is 5.16 Å². The lowest BCUT2D eigenvalue weighted by Gasteiger charge is -1.98. The van der Waals surface area contributed by atoms with Gasteiger partial charge >= 0.3 is 0 Å². The highest BCUT2D eigenvalue weighted by Crippen LogP contribution is 2.15. The number of hydrogen-bond acceptors (Lipinski definition) is 5. The largest absolute Gasteiger partial charge is 0.269 e. The Morgan fingerprint density at radius 2 is 2.06 bits per heavy atom. The fourth-order valence-corrected chi connectivity index (χ4v) is 1.52. The van der Waals surface area contributed by atoms with Gasteiger partial charge in [0.05, 0.1) is 10.6 Å². The maximum atomic E-state index is 10.5. The Kier molecular flexibility index (Phi) is 2.86. The Hall–Kier alpha value is -1.89. The van der Waals surface area contributed by atoms with Crippen LogP contribution in [-0.2, 0) is 0 Å². The average Bonchev–Trinajstić information content (AvgIpc) is 2.77. The summed E-state index contributed by atoms with van der Waals surface area (Å²) in [4.78, 5) is 14.1. The fourth-order valence-electron chi connectivity index (χ4n) is 1.19. The van der Waals surface area contributed by atoms with Crippen LogP contribution in [-0.4, -0.2) is 25.9 Å². The van der Waals surface area contributed by atoms with Gasteiger partial charge in [-0.25, -0.2) is 9.67 Å². The normalized spacial score (nSPS) is 10.3. The molecule has 7 heteroatoms. The molecule has 0 radical (unpaired) electrons. The van der Waals surface area contributed by atoms with E-state index in [1.54, 1.807) is 23.1 Å². The van der Waals surface area contributed by atoms with Crippen LogP contribution in [0, 0.1) is 10.1 Å². The maximum Gasteiger partial charge on any atom is 0.269 e. The van der Waals surface area contributed by atoms with E-state index in [0.29, 0.717) is 5.16 Å². The lowest BCUT2D eigenvalue weighted by Crippen LogP contribution is -1.95. The van der Waals surface area contributed by atoms with Gasteiger partial charge in [0.1, 0.15) is 6.33 Å². The zero-order chi connectivity index (χ0) is 11.5. The molecule has 2 rings (SSSR count). The van der Waals surface area contributed by atoms with Crippen molar-refractivity contribution in [1.82, 2.24) is 14.8 Å². The van der Waals surface area contributed by atoms with Gasteiger partial charge in [-0.3, -0.25) is 10.1 Å². The molecular weight excluding hydrogens is 228 g/mol. The second kappa shape index (κ2) is 4.31. The Morgan fingerprint density at radius 1 is 1.38 bits per heavy atom. The van der Waals surface area contributed by atoms with Crippen molar-refractivity contribution in [3.63, 3.8) is 0 Å². The number of rotatable bonds is 3. The molecule has 0 bridgehead atoms. The van der Waals surface area contributed by atoms with Gasteiger partial charge in [0.15, 0.2) is 0 Å². The summed E-state index contributed by atoms with van der Waals surface area (Å²) in [7, 11) is 0. The molecule has 0 saturated carbocycles. The van der Waals surface area contributed by atoms with E-state index in [0.717, 1.165) is 5.69 Å². The molecule has 0 aliphatic rings. The Balaban J connectivity index is 2.30. The molecule has 0 spiro atoms. The average molecular weight is 236 g/mol. The van der Waals surface area contributed by atoms with Crippen molar-refractivity contribution in [3.05, 3.63) is 40.7 Å². The third-order valence-corrected chi connectivity index (χ3v) is 2.53. The van der Waals surface area contributed by atoms with Gasteiger partial charge in [-0.1, -0.05) is 11.8 Å². The summed E-state index contributed by atoms with van der Waals surface area (Å²) >= 11 is 1.44. The van der Waals surface area contributed by atoms with Gasteiger partial charge in [-0.05, 0) is 18.4 Å². The predicted molar refractivity (Wildman–Crippen MR) is 59.8 cm³/mol. The maximum absolute atomic E-state index is 10.5. The van der Waals surface area contributed by atoms with Crippen molar-refractivity contribution in [1.29, 1.82) is 0 Å². The molecule has 0 aliphatic carbocycles. The Labute approximate surface area is 95.5 Å². The topological polar surface area (TPSA) is 73.8 Å². The molecule has 1 heterocycles. The van der Waals surface area contributed by atoms with Crippen LogP contribution in [0.4, 0.5) is 5.69 Å². The van der Waals surface area contributed by atoms with Crippen LogP contribution < -0.4 is 0 Å². The first kappa shape index (κ1) is 10.6. The number of non-ortho nitro benzene ring substituents is 1. The number of thioether (sulfide) groups is 1. The van der Waals surface area contributed by atoms with Crippen molar-refractivity contribution >= 4 is 17.4 Å². The first-order chi connectivity index (χ1) is 7.70. The van der Waals surface area contributed by atoms with Crippen LogP contribution in [0.1, 0.15) is 0 Å². The molecule has 16 heavy (non-hydrogen) atoms. The second-order valence-electron chi connectivity index (χ2n) is 2.95. The van der Waals surface area contributed by atoms with Gasteiger partial charge in [0.2, 0.25) is 5.16 Å². The van der Waals surface area contributed by atoms with Gasteiger partial charge in [-0.15, -0.1) is 5.10 Å². The fraction of sp³-hybridized carbons (Fsp3) is 0.111. The highest BCUT2D eigenvalue weighted by molar-refractivity contribution is 7.98. The van der Waals surface area contributed by atoms with Gasteiger partial charge < -0.3 is 0 Å². The van der Waals surface area contributed by atoms with Crippen molar-refractivity contribution < 1.29 is 4.92 Å². The van der Waals surface area contributed by atoms with Gasteiger partial charge in [0, 0.05) is 12.1 Å². The third-order valence-electron chi connectivity index (χ3n) is 1.98. The monoisotopic (exact) mass is 236 g/mol. The van der Waals surface area contributed by atoms with Crippen LogP contribution in [0.25, 0.3) is 5.69 Å². The van der Waals surface area contributed by atoms with E-state index < -0.39 is 4.92 Å². The van der Waals surface area contributed by atoms with E-state index >= 15 is 0 Å². The molecule has 0 amide bonds. The molecule has 0 N–H and O–H groups in total. The first-order valence-electron chi connectivity index (χ1n) is 4.41. The molecule has 0 fully saturated rings. The minimum absolute atomic E-state index is 0.0638. The molecule has 0 unspecified atom stereocenters. The van der Waals surface area contributed by atoms with E-state index in [9.17, 15) is 10.1 Å². The lowest BCUT2D eigenvalue weighted by atomic mass is 10.3. The Bertz CT molecular complexity index is 508. The number of benzene rings is 1. The van der Waals surface area contributed by atoms with Gasteiger partial charge in [0.25, 0.3) is 5.69 Å². The highest BCUT2D eigenvalue weighted by Gasteiger charge is 2.06. The molecule has 0 atom stereocenters. The number of hydrogen-bond donors (Lipinski definition) is 0. The molecule has 0 aliphatic heterocycles. The van der Waals surface area contributed by atoms with Crippen molar-refractivity contribution in [3.8, 4) is 5.69 Å². The van der Waals surface area contributed by atoms with E-state index in [1.165, 1.54) is 23.9 Å². The molecule has 0 saturated heterocycles. The zero-order valence-electron chi connectivity index (χ0n) is 8.40. The molecule has 2 aromatic rings. The van der Waals surface area contributed by atoms with Crippen LogP contribution in [0.3, 0.4) is 0 Å². The van der Waals surface area contributed by atoms with E-state index in [-0.39, 0.29) is 5.69 Å². The Morgan fingerprint density at radius 3 is 2.56 bits per heavy atom. The predicted octanol–water partition coefficient (Wildman–Crippen LogP) is 1.90. The van der Waals surface area contributed by atoms with Crippen molar-refractivity contribution in [2.75, 3.05) is 6.26 Å². The van der Waals surface area contributed by atoms with E-state index in [1.807, 2.05) is 6.26 Å². The van der Waals surface area contributed by atoms with Crippen molar-refractivity contribution in [2.24, 2.45) is 0 Å². The summed E-state index contributed by atoms with van der Waals surface area (Å²) in [5.74, 6) is 0. The van der Waals surface area contributed by atoms with Crippen LogP contribution in [0.2, 0.25) is 0 Å². The summed E-state index contributed by atoms with van der Waals surface area (Å²) in [6.45, 7) is 0. The minimum Gasteiger partial charge on any atom is -0.258 e. The van der Waals surface area contributed by atoms with E-state index in [2.05, 4.69) is 10.1 Å². The summed E-state index contributed by atoms with van der Waals surface area (Å²) < 4.78 is 1.58. The second-order valence-corrected chi connectivity index (χ2v) is 3.72. The molecule has 1 aromatic carbocycles. The smallest absolute Gasteiger partial charge is 0.258 e. The standard InChI is InChI=1S/C9H8N4O2S/c1-16-9-10-6-12(11-9)7-2-4-8(5-3-7)13(14)15/h2-6H,1H3. The first-order valence-corrected chi connectivity index (χ1v) is 5.63. The summed E-state index contributed by atoms with van der Waals surface area (Å²) in [6.07, 6.45) is 3.46. The van der Waals surface area contributed by atoms with E-state index in [4.69, 9.17) is 0 Å². The number of nitrogens with zero attached hydrogens (tertiary/aromatic N) is 4. The van der Waals surface area contributed by atoms with Crippen LogP contribution in [0.5, 0.6) is 0 Å². The van der Waals surface area contributed by atoms with Crippen LogP contribution in [0.15, 0.2) is 35.7 Å². The molecule has 1 aromatic heterocycles. The lowest BCUT2D eigenvalue weighted by molar-refractivity contribution is -0.384. The highest BCUT2D eigenvalue weighted by atomic mass is 32.2. The SMILES string of the molecule is CSc1ncn(-c2ccc([N+](=O)[O-])cc2)n1. The van der Waals surface area contributed by atoms with Crippen LogP contribution >= 0.6 is 11.8 Å². The molecular formula is C9H8N4O2S. The molecule has 6 nitrogen and oxygen atoms in total.